The van der Waals surface area contributed by atoms with Crippen molar-refractivity contribution in [2.45, 2.75) is 49.8 Å². The molecular weight excluding hydrogens is 496 g/mol. The van der Waals surface area contributed by atoms with Crippen molar-refractivity contribution >= 4 is 5.78 Å². The van der Waals surface area contributed by atoms with Crippen LogP contribution in [0.4, 0.5) is 17.6 Å². The van der Waals surface area contributed by atoms with Gasteiger partial charge in [-0.3, -0.25) is 9.69 Å². The lowest BCUT2D eigenvalue weighted by molar-refractivity contribution is -0.137. The number of carbonyl (C=O) groups excluding carboxylic acids is 1. The molecule has 1 saturated heterocycles. The van der Waals surface area contributed by atoms with Crippen LogP contribution >= 0.6 is 0 Å². The van der Waals surface area contributed by atoms with Gasteiger partial charge in [0.1, 0.15) is 0 Å². The molecule has 202 valence electrons. The highest BCUT2D eigenvalue weighted by molar-refractivity contribution is 5.99. The van der Waals surface area contributed by atoms with Gasteiger partial charge in [0.25, 0.3) is 0 Å². The third-order valence-corrected chi connectivity index (χ3v) is 7.20. The minimum atomic E-state index is -4.50. The Morgan fingerprint density at radius 1 is 0.947 bits per heavy atom. The van der Waals surface area contributed by atoms with Crippen molar-refractivity contribution < 1.29 is 27.5 Å². The topological polar surface area (TPSA) is 52.6 Å². The molecule has 0 aliphatic carbocycles. The molecule has 3 aromatic rings. The van der Waals surface area contributed by atoms with Crippen LogP contribution in [0.15, 0.2) is 84.9 Å². The fourth-order valence-corrected chi connectivity index (χ4v) is 4.95. The Morgan fingerprint density at radius 3 is 2.21 bits per heavy atom. The molecule has 3 aromatic carbocycles. The lowest BCUT2D eigenvalue weighted by Crippen LogP contribution is -2.53. The van der Waals surface area contributed by atoms with Crippen LogP contribution in [-0.4, -0.2) is 47.8 Å². The number of hydrogen-bond acceptors (Lipinski definition) is 4. The quantitative estimate of drug-likeness (QED) is 0.260. The maximum Gasteiger partial charge on any atom is 0.416 e. The molecule has 0 bridgehead atoms. The van der Waals surface area contributed by atoms with Gasteiger partial charge in [-0.25, -0.2) is 4.39 Å². The summed E-state index contributed by atoms with van der Waals surface area (Å²) in [5.41, 5.74) is -0.565. The normalized spacial score (nSPS) is 17.6. The number of Topliss-reactive ketones (excluding diaryl/α,β-unsaturated/α-hetero) is 1. The number of likely N-dealkylation sites (tertiary alicyclic amines) is 1. The third kappa shape index (κ3) is 7.07. The molecular formula is C30H32F4N2O2. The van der Waals surface area contributed by atoms with E-state index in [0.717, 1.165) is 17.7 Å². The molecule has 2 N–H and O–H groups in total. The summed E-state index contributed by atoms with van der Waals surface area (Å²) in [5.74, 6) is -0.585. The molecule has 1 aliphatic rings. The summed E-state index contributed by atoms with van der Waals surface area (Å²) in [6.45, 7) is 1.22. The molecule has 8 heteroatoms. The molecule has 1 fully saturated rings. The summed E-state index contributed by atoms with van der Waals surface area (Å²) in [7, 11) is 0. The number of carbonyl (C=O) groups is 1. The SMILES string of the molecule is O=C(c1ccccc1)C(F)CC(NCCc1ccccc1)N1CCC(O)(c2cccc(C(F)(F)F)c2)CC1. The first-order chi connectivity index (χ1) is 18.2. The van der Waals surface area contributed by atoms with Gasteiger partial charge < -0.3 is 10.4 Å². The van der Waals surface area contributed by atoms with E-state index in [1.54, 1.807) is 30.3 Å². The van der Waals surface area contributed by atoms with Crippen LogP contribution < -0.4 is 5.32 Å². The first-order valence-electron chi connectivity index (χ1n) is 12.8. The molecule has 1 aliphatic heterocycles. The molecule has 0 radical (unpaired) electrons. The number of benzene rings is 3. The second kappa shape index (κ2) is 12.2. The van der Waals surface area contributed by atoms with Crippen molar-refractivity contribution in [3.8, 4) is 0 Å². The number of nitrogens with zero attached hydrogens (tertiary/aromatic N) is 1. The summed E-state index contributed by atoms with van der Waals surface area (Å²) in [4.78, 5) is 14.7. The summed E-state index contributed by atoms with van der Waals surface area (Å²) in [6.07, 6.45) is -5.69. The van der Waals surface area contributed by atoms with E-state index in [-0.39, 0.29) is 24.8 Å². The number of halogens is 4. The number of nitrogens with one attached hydrogen (secondary N) is 1. The van der Waals surface area contributed by atoms with Crippen LogP contribution in [0.2, 0.25) is 0 Å². The molecule has 2 atom stereocenters. The van der Waals surface area contributed by atoms with E-state index in [1.165, 1.54) is 12.1 Å². The Morgan fingerprint density at radius 2 is 1.58 bits per heavy atom. The fourth-order valence-electron chi connectivity index (χ4n) is 4.95. The summed E-state index contributed by atoms with van der Waals surface area (Å²) in [6, 6.07) is 22.9. The number of ketones is 1. The average Bonchev–Trinajstić information content (AvgIpc) is 2.93. The van der Waals surface area contributed by atoms with Gasteiger partial charge in [-0.15, -0.1) is 0 Å². The molecule has 1 heterocycles. The van der Waals surface area contributed by atoms with Crippen molar-refractivity contribution in [2.75, 3.05) is 19.6 Å². The average molecular weight is 529 g/mol. The minimum absolute atomic E-state index is 0.0789. The van der Waals surface area contributed by atoms with Crippen molar-refractivity contribution in [3.05, 3.63) is 107 Å². The zero-order valence-corrected chi connectivity index (χ0v) is 21.0. The maximum absolute atomic E-state index is 15.2. The molecule has 0 aromatic heterocycles. The number of hydrogen-bond donors (Lipinski definition) is 2. The smallest absolute Gasteiger partial charge is 0.385 e. The first-order valence-corrected chi connectivity index (χ1v) is 12.8. The molecule has 0 spiro atoms. The standard InChI is InChI=1S/C30H32F4N2O2/c31-26(28(37)23-10-5-2-6-11-23)21-27(35-17-14-22-8-3-1-4-9-22)36-18-15-29(38,16-19-36)24-12-7-13-25(20-24)30(32,33)34/h1-13,20,26-27,35,38H,14-19,21H2. The number of aliphatic hydroxyl groups is 1. The lowest BCUT2D eigenvalue weighted by Gasteiger charge is -2.42. The van der Waals surface area contributed by atoms with Gasteiger partial charge in [0, 0.05) is 31.6 Å². The minimum Gasteiger partial charge on any atom is -0.385 e. The van der Waals surface area contributed by atoms with E-state index >= 15 is 4.39 Å². The Bertz CT molecular complexity index is 1180. The molecule has 0 amide bonds. The van der Waals surface area contributed by atoms with Gasteiger partial charge in [-0.2, -0.15) is 13.2 Å². The van der Waals surface area contributed by atoms with E-state index in [4.69, 9.17) is 0 Å². The van der Waals surface area contributed by atoms with Gasteiger partial charge in [-0.1, -0.05) is 72.8 Å². The van der Waals surface area contributed by atoms with Gasteiger partial charge in [0.15, 0.2) is 12.0 Å². The monoisotopic (exact) mass is 528 g/mol. The summed E-state index contributed by atoms with van der Waals surface area (Å²) < 4.78 is 54.9. The Labute approximate surface area is 220 Å². The fraction of sp³-hybridized carbons (Fsp3) is 0.367. The highest BCUT2D eigenvalue weighted by Gasteiger charge is 2.39. The molecule has 4 rings (SSSR count). The van der Waals surface area contributed by atoms with E-state index in [0.29, 0.717) is 31.6 Å². The van der Waals surface area contributed by atoms with E-state index in [9.17, 15) is 23.1 Å². The van der Waals surface area contributed by atoms with Crippen molar-refractivity contribution in [2.24, 2.45) is 0 Å². The predicted octanol–water partition coefficient (Wildman–Crippen LogP) is 5.76. The molecule has 2 unspecified atom stereocenters. The van der Waals surface area contributed by atoms with E-state index in [1.807, 2.05) is 35.2 Å². The van der Waals surface area contributed by atoms with Crippen molar-refractivity contribution in [1.82, 2.24) is 10.2 Å². The summed E-state index contributed by atoms with van der Waals surface area (Å²) in [5, 5.41) is 14.6. The number of rotatable bonds is 10. The van der Waals surface area contributed by atoms with Gasteiger partial charge in [0.2, 0.25) is 0 Å². The van der Waals surface area contributed by atoms with E-state index < -0.39 is 35.5 Å². The van der Waals surface area contributed by atoms with Crippen molar-refractivity contribution in [3.63, 3.8) is 0 Å². The predicted molar refractivity (Wildman–Crippen MR) is 138 cm³/mol. The molecule has 4 nitrogen and oxygen atoms in total. The first kappa shape index (κ1) is 28.0. The van der Waals surface area contributed by atoms with Gasteiger partial charge in [0.05, 0.1) is 17.3 Å². The number of alkyl halides is 4. The highest BCUT2D eigenvalue weighted by atomic mass is 19.4. The highest BCUT2D eigenvalue weighted by Crippen LogP contribution is 2.37. The second-order valence-electron chi connectivity index (χ2n) is 9.79. The van der Waals surface area contributed by atoms with Crippen LogP contribution in [0.3, 0.4) is 0 Å². The van der Waals surface area contributed by atoms with E-state index in [2.05, 4.69) is 5.32 Å². The third-order valence-electron chi connectivity index (χ3n) is 7.20. The largest absolute Gasteiger partial charge is 0.416 e. The zero-order chi connectivity index (χ0) is 27.2. The van der Waals surface area contributed by atoms with Crippen LogP contribution in [0, 0.1) is 0 Å². The van der Waals surface area contributed by atoms with Crippen LogP contribution in [0.5, 0.6) is 0 Å². The molecule has 0 saturated carbocycles. The second-order valence-corrected chi connectivity index (χ2v) is 9.79. The zero-order valence-electron chi connectivity index (χ0n) is 21.0. The Balaban J connectivity index is 1.45. The van der Waals surface area contributed by atoms with Crippen LogP contribution in [0.1, 0.15) is 46.3 Å². The number of piperidine rings is 1. The van der Waals surface area contributed by atoms with Gasteiger partial charge in [-0.05, 0) is 42.5 Å². The lowest BCUT2D eigenvalue weighted by atomic mass is 9.83. The van der Waals surface area contributed by atoms with Gasteiger partial charge >= 0.3 is 6.18 Å². The van der Waals surface area contributed by atoms with Crippen molar-refractivity contribution in [1.29, 1.82) is 0 Å². The maximum atomic E-state index is 15.2. The van der Waals surface area contributed by atoms with Crippen LogP contribution in [0.25, 0.3) is 0 Å². The Kier molecular flexibility index (Phi) is 8.97. The van der Waals surface area contributed by atoms with Crippen LogP contribution in [-0.2, 0) is 18.2 Å². The molecule has 38 heavy (non-hydrogen) atoms. The Hall–Kier alpha value is -3.07. The summed E-state index contributed by atoms with van der Waals surface area (Å²) >= 11 is 0.